The molecule has 0 aliphatic carbocycles. The highest BCUT2D eigenvalue weighted by molar-refractivity contribution is 6.32. The second-order valence-corrected chi connectivity index (χ2v) is 7.21. The average molecular weight is 394 g/mol. The van der Waals surface area contributed by atoms with Crippen molar-refractivity contribution in [1.82, 2.24) is 4.90 Å². The lowest BCUT2D eigenvalue weighted by Crippen LogP contribution is -2.31. The Morgan fingerprint density at radius 1 is 1.15 bits per heavy atom. The van der Waals surface area contributed by atoms with Gasteiger partial charge >= 0.3 is 0 Å². The second kappa shape index (κ2) is 8.19. The van der Waals surface area contributed by atoms with Crippen LogP contribution < -0.4 is 9.47 Å². The average Bonchev–Trinajstić information content (AvgIpc) is 2.87. The number of benzene rings is 2. The third-order valence-corrected chi connectivity index (χ3v) is 5.08. The number of halogens is 2. The molecule has 0 fully saturated rings. The van der Waals surface area contributed by atoms with Crippen molar-refractivity contribution in [2.75, 3.05) is 20.3 Å². The first-order valence-corrected chi connectivity index (χ1v) is 9.30. The van der Waals surface area contributed by atoms with E-state index >= 15 is 0 Å². The van der Waals surface area contributed by atoms with Crippen LogP contribution in [-0.4, -0.2) is 31.1 Å². The second-order valence-electron chi connectivity index (χ2n) is 6.36. The van der Waals surface area contributed by atoms with Gasteiger partial charge in [0.1, 0.15) is 0 Å². The molecule has 0 radical (unpaired) electrons. The zero-order valence-electron chi connectivity index (χ0n) is 14.8. The van der Waals surface area contributed by atoms with E-state index in [9.17, 15) is 4.79 Å². The van der Waals surface area contributed by atoms with E-state index in [1.54, 1.807) is 18.0 Å². The van der Waals surface area contributed by atoms with Crippen molar-refractivity contribution in [3.63, 3.8) is 0 Å². The van der Waals surface area contributed by atoms with Crippen LogP contribution in [-0.2, 0) is 11.2 Å². The Bertz CT molecular complexity index is 792. The summed E-state index contributed by atoms with van der Waals surface area (Å²) in [6, 6.07) is 11.1. The van der Waals surface area contributed by atoms with E-state index < -0.39 is 0 Å². The predicted molar refractivity (Wildman–Crippen MR) is 103 cm³/mol. The fourth-order valence-corrected chi connectivity index (χ4v) is 3.28. The monoisotopic (exact) mass is 393 g/mol. The maximum Gasteiger partial charge on any atom is 0.227 e. The van der Waals surface area contributed by atoms with Crippen LogP contribution in [0.4, 0.5) is 0 Å². The molecule has 3 rings (SSSR count). The van der Waals surface area contributed by atoms with E-state index in [4.69, 9.17) is 32.7 Å². The van der Waals surface area contributed by atoms with Crippen molar-refractivity contribution in [3.05, 3.63) is 57.6 Å². The number of rotatable bonds is 4. The molecule has 0 bridgehead atoms. The van der Waals surface area contributed by atoms with Crippen molar-refractivity contribution < 1.29 is 14.3 Å². The number of carbonyl (C=O) groups is 1. The van der Waals surface area contributed by atoms with Crippen molar-refractivity contribution >= 4 is 29.1 Å². The SMILES string of the molecule is CC(c1ccc(Cl)cc1)N(C)C(=O)Cc1cc(Cl)c2c(c1)OCCCO2. The van der Waals surface area contributed by atoms with Crippen LogP contribution in [0.3, 0.4) is 0 Å². The summed E-state index contributed by atoms with van der Waals surface area (Å²) in [6.07, 6.45) is 1.05. The Kier molecular flexibility index (Phi) is 5.94. The van der Waals surface area contributed by atoms with Crippen LogP contribution in [0, 0.1) is 0 Å². The Morgan fingerprint density at radius 3 is 2.58 bits per heavy atom. The van der Waals surface area contributed by atoms with Gasteiger partial charge in [0.05, 0.1) is 30.7 Å². The summed E-state index contributed by atoms with van der Waals surface area (Å²) in [4.78, 5) is 14.4. The predicted octanol–water partition coefficient (Wildman–Crippen LogP) is 4.92. The Balaban J connectivity index is 1.73. The fraction of sp³-hybridized carbons (Fsp3) is 0.350. The molecule has 0 saturated heterocycles. The van der Waals surface area contributed by atoms with Crippen LogP contribution in [0.25, 0.3) is 0 Å². The minimum absolute atomic E-state index is 0.00185. The van der Waals surface area contributed by atoms with Gasteiger partial charge in [0.15, 0.2) is 11.5 Å². The number of hydrogen-bond acceptors (Lipinski definition) is 3. The van der Waals surface area contributed by atoms with E-state index in [0.717, 1.165) is 17.5 Å². The summed E-state index contributed by atoms with van der Waals surface area (Å²) in [5, 5.41) is 1.15. The smallest absolute Gasteiger partial charge is 0.227 e. The lowest BCUT2D eigenvalue weighted by atomic mass is 10.1. The van der Waals surface area contributed by atoms with Gasteiger partial charge in [-0.3, -0.25) is 4.79 Å². The molecule has 138 valence electrons. The van der Waals surface area contributed by atoms with E-state index in [-0.39, 0.29) is 18.4 Å². The van der Waals surface area contributed by atoms with Crippen LogP contribution in [0.15, 0.2) is 36.4 Å². The summed E-state index contributed by atoms with van der Waals surface area (Å²) in [5.41, 5.74) is 1.83. The summed E-state index contributed by atoms with van der Waals surface area (Å²) in [7, 11) is 1.80. The molecule has 4 nitrogen and oxygen atoms in total. The Labute approximate surface area is 163 Å². The third kappa shape index (κ3) is 4.25. The van der Waals surface area contributed by atoms with Crippen molar-refractivity contribution in [1.29, 1.82) is 0 Å². The van der Waals surface area contributed by atoms with E-state index in [1.807, 2.05) is 37.3 Å². The van der Waals surface area contributed by atoms with Gasteiger partial charge in [-0.25, -0.2) is 0 Å². The topological polar surface area (TPSA) is 38.8 Å². The number of carbonyl (C=O) groups excluding carboxylic acids is 1. The molecule has 1 unspecified atom stereocenters. The highest BCUT2D eigenvalue weighted by atomic mass is 35.5. The van der Waals surface area contributed by atoms with Crippen molar-refractivity contribution in [2.24, 2.45) is 0 Å². The molecule has 0 spiro atoms. The summed E-state index contributed by atoms with van der Waals surface area (Å²) in [5.74, 6) is 1.16. The molecular weight excluding hydrogens is 373 g/mol. The molecule has 26 heavy (non-hydrogen) atoms. The van der Waals surface area contributed by atoms with Gasteiger partial charge in [0, 0.05) is 18.5 Å². The van der Waals surface area contributed by atoms with Crippen LogP contribution in [0.5, 0.6) is 11.5 Å². The Hall–Kier alpha value is -1.91. The summed E-state index contributed by atoms with van der Waals surface area (Å²) >= 11 is 12.2. The molecule has 1 atom stereocenters. The van der Waals surface area contributed by atoms with Crippen LogP contribution in [0.2, 0.25) is 10.0 Å². The molecule has 0 aromatic heterocycles. The lowest BCUT2D eigenvalue weighted by molar-refractivity contribution is -0.131. The lowest BCUT2D eigenvalue weighted by Gasteiger charge is -2.25. The minimum atomic E-state index is -0.0596. The molecule has 1 aliphatic heterocycles. The molecule has 1 heterocycles. The Morgan fingerprint density at radius 2 is 1.85 bits per heavy atom. The third-order valence-electron chi connectivity index (χ3n) is 4.54. The molecular formula is C20H21Cl2NO3. The van der Waals surface area contributed by atoms with Crippen LogP contribution in [0.1, 0.15) is 30.5 Å². The standard InChI is InChI=1S/C20H21Cl2NO3/c1-13(15-4-6-16(21)7-5-15)23(2)19(24)12-14-10-17(22)20-18(11-14)25-8-3-9-26-20/h4-7,10-11,13H,3,8-9,12H2,1-2H3. The number of hydrogen-bond donors (Lipinski definition) is 0. The first-order chi connectivity index (χ1) is 12.5. The zero-order valence-corrected chi connectivity index (χ0v) is 16.3. The van der Waals surface area contributed by atoms with E-state index in [2.05, 4.69) is 0 Å². The molecule has 2 aromatic rings. The summed E-state index contributed by atoms with van der Waals surface area (Å²) < 4.78 is 11.3. The number of fused-ring (bicyclic) bond motifs is 1. The van der Waals surface area contributed by atoms with Gasteiger partial charge in [-0.1, -0.05) is 35.3 Å². The van der Waals surface area contributed by atoms with Crippen molar-refractivity contribution in [2.45, 2.75) is 25.8 Å². The molecule has 2 aromatic carbocycles. The summed E-state index contributed by atoms with van der Waals surface area (Å²) in [6.45, 7) is 3.14. The van der Waals surface area contributed by atoms with Gasteiger partial charge in [0.25, 0.3) is 0 Å². The molecule has 6 heteroatoms. The normalized spacial score (nSPS) is 14.5. The van der Waals surface area contributed by atoms with Gasteiger partial charge in [-0.15, -0.1) is 0 Å². The largest absolute Gasteiger partial charge is 0.489 e. The number of amides is 1. The molecule has 0 saturated carbocycles. The molecule has 1 aliphatic rings. The highest BCUT2D eigenvalue weighted by Crippen LogP contribution is 2.38. The molecule has 0 N–H and O–H groups in total. The van der Waals surface area contributed by atoms with E-state index in [0.29, 0.717) is 34.8 Å². The van der Waals surface area contributed by atoms with Crippen molar-refractivity contribution in [3.8, 4) is 11.5 Å². The van der Waals surface area contributed by atoms with Gasteiger partial charge in [-0.05, 0) is 42.3 Å². The van der Waals surface area contributed by atoms with E-state index in [1.165, 1.54) is 0 Å². The van der Waals surface area contributed by atoms with Gasteiger partial charge < -0.3 is 14.4 Å². The zero-order chi connectivity index (χ0) is 18.7. The number of ether oxygens (including phenoxy) is 2. The first-order valence-electron chi connectivity index (χ1n) is 8.55. The fourth-order valence-electron chi connectivity index (χ4n) is 2.87. The maximum absolute atomic E-state index is 12.7. The first kappa shape index (κ1) is 18.9. The highest BCUT2D eigenvalue weighted by Gasteiger charge is 2.20. The van der Waals surface area contributed by atoms with Crippen LogP contribution >= 0.6 is 23.2 Å². The maximum atomic E-state index is 12.7. The quantitative estimate of drug-likeness (QED) is 0.739. The van der Waals surface area contributed by atoms with Gasteiger partial charge in [0.2, 0.25) is 5.91 Å². The minimum Gasteiger partial charge on any atom is -0.489 e. The number of nitrogens with zero attached hydrogens (tertiary/aromatic N) is 1. The molecule has 1 amide bonds. The number of likely N-dealkylation sites (N-methyl/N-ethyl adjacent to an activating group) is 1. The van der Waals surface area contributed by atoms with Gasteiger partial charge in [-0.2, -0.15) is 0 Å².